The zero-order valence-electron chi connectivity index (χ0n) is 14.3. The topological polar surface area (TPSA) is 56.7 Å². The van der Waals surface area contributed by atoms with Crippen LogP contribution in [-0.2, 0) is 13.0 Å². The van der Waals surface area contributed by atoms with Crippen molar-refractivity contribution in [2.45, 2.75) is 26.0 Å². The first kappa shape index (κ1) is 21.4. The second kappa shape index (κ2) is 11.8. The smallest absolute Gasteiger partial charge is 0.191 e. The standard InChI is InChI=1S/C19H24FN3O.HI/c1-2-21-19(22-13-16-10-6-7-11-18(16)20)23-14-17(24)12-15-8-4-3-5-9-15;/h3-11,17,24H,2,12-14H2,1H3,(H2,21,22,23);1H. The van der Waals surface area contributed by atoms with Gasteiger partial charge in [-0.2, -0.15) is 0 Å². The van der Waals surface area contributed by atoms with Gasteiger partial charge in [-0.05, 0) is 18.6 Å². The lowest BCUT2D eigenvalue weighted by Crippen LogP contribution is -2.41. The van der Waals surface area contributed by atoms with Gasteiger partial charge in [-0.25, -0.2) is 9.38 Å². The van der Waals surface area contributed by atoms with Crippen molar-refractivity contribution in [3.63, 3.8) is 0 Å². The second-order valence-corrected chi connectivity index (χ2v) is 5.51. The van der Waals surface area contributed by atoms with E-state index < -0.39 is 6.10 Å². The maximum atomic E-state index is 13.6. The second-order valence-electron chi connectivity index (χ2n) is 5.51. The maximum Gasteiger partial charge on any atom is 0.191 e. The molecular formula is C19H25FIN3O. The molecule has 2 aromatic rings. The molecule has 0 heterocycles. The van der Waals surface area contributed by atoms with Gasteiger partial charge in [-0.3, -0.25) is 0 Å². The highest BCUT2D eigenvalue weighted by Crippen LogP contribution is 2.07. The molecule has 2 rings (SSSR count). The molecule has 136 valence electrons. The van der Waals surface area contributed by atoms with E-state index in [1.165, 1.54) is 6.07 Å². The van der Waals surface area contributed by atoms with Gasteiger partial charge in [0, 0.05) is 25.1 Å². The lowest BCUT2D eigenvalue weighted by molar-refractivity contribution is 0.177. The van der Waals surface area contributed by atoms with Crippen molar-refractivity contribution in [2.75, 3.05) is 13.1 Å². The number of halogens is 2. The molecule has 0 radical (unpaired) electrons. The average molecular weight is 457 g/mol. The number of benzene rings is 2. The zero-order valence-corrected chi connectivity index (χ0v) is 16.6. The molecule has 0 aromatic heterocycles. The van der Waals surface area contributed by atoms with Crippen molar-refractivity contribution < 1.29 is 9.50 Å². The van der Waals surface area contributed by atoms with Gasteiger partial charge in [0.1, 0.15) is 5.82 Å². The van der Waals surface area contributed by atoms with Crippen molar-refractivity contribution in [1.82, 2.24) is 10.6 Å². The maximum absolute atomic E-state index is 13.6. The van der Waals surface area contributed by atoms with Crippen LogP contribution in [0.5, 0.6) is 0 Å². The molecule has 0 fully saturated rings. The van der Waals surface area contributed by atoms with E-state index in [-0.39, 0.29) is 36.3 Å². The number of aliphatic hydroxyl groups excluding tert-OH is 1. The normalized spacial score (nSPS) is 12.2. The van der Waals surface area contributed by atoms with Crippen LogP contribution >= 0.6 is 24.0 Å². The fraction of sp³-hybridized carbons (Fsp3) is 0.316. The van der Waals surface area contributed by atoms with Crippen LogP contribution in [0.1, 0.15) is 18.1 Å². The lowest BCUT2D eigenvalue weighted by Gasteiger charge is -2.15. The van der Waals surface area contributed by atoms with Crippen molar-refractivity contribution in [3.8, 4) is 0 Å². The summed E-state index contributed by atoms with van der Waals surface area (Å²) in [4.78, 5) is 4.37. The summed E-state index contributed by atoms with van der Waals surface area (Å²) in [7, 11) is 0. The number of rotatable bonds is 7. The molecule has 0 saturated heterocycles. The fourth-order valence-corrected chi connectivity index (χ4v) is 2.31. The van der Waals surface area contributed by atoms with E-state index in [2.05, 4.69) is 15.6 Å². The highest BCUT2D eigenvalue weighted by atomic mass is 127. The number of hydrogen-bond acceptors (Lipinski definition) is 2. The average Bonchev–Trinajstić information content (AvgIpc) is 2.59. The Morgan fingerprint density at radius 3 is 2.44 bits per heavy atom. The summed E-state index contributed by atoms with van der Waals surface area (Å²) in [6.07, 6.45) is 0.0466. The summed E-state index contributed by atoms with van der Waals surface area (Å²) >= 11 is 0. The quantitative estimate of drug-likeness (QED) is 0.340. The van der Waals surface area contributed by atoms with Gasteiger partial charge in [0.25, 0.3) is 0 Å². The number of hydrogen-bond donors (Lipinski definition) is 3. The molecule has 0 spiro atoms. The number of aliphatic hydroxyl groups is 1. The predicted molar refractivity (Wildman–Crippen MR) is 111 cm³/mol. The van der Waals surface area contributed by atoms with Crippen LogP contribution in [0.25, 0.3) is 0 Å². The molecular weight excluding hydrogens is 432 g/mol. The molecule has 6 heteroatoms. The minimum absolute atomic E-state index is 0. The molecule has 1 unspecified atom stereocenters. The van der Waals surface area contributed by atoms with Gasteiger partial charge >= 0.3 is 0 Å². The SMILES string of the molecule is CCNC(=NCc1ccccc1F)NCC(O)Cc1ccccc1.I. The Morgan fingerprint density at radius 2 is 1.76 bits per heavy atom. The minimum Gasteiger partial charge on any atom is -0.391 e. The molecule has 0 aliphatic heterocycles. The molecule has 0 amide bonds. The lowest BCUT2D eigenvalue weighted by atomic mass is 10.1. The largest absolute Gasteiger partial charge is 0.391 e. The van der Waals surface area contributed by atoms with Crippen molar-refractivity contribution in [2.24, 2.45) is 4.99 Å². The van der Waals surface area contributed by atoms with Crippen LogP contribution in [0.15, 0.2) is 59.6 Å². The van der Waals surface area contributed by atoms with Gasteiger partial charge in [0.05, 0.1) is 12.6 Å². The Morgan fingerprint density at radius 1 is 1.08 bits per heavy atom. The summed E-state index contributed by atoms with van der Waals surface area (Å²) in [5, 5.41) is 16.3. The molecule has 3 N–H and O–H groups in total. The van der Waals surface area contributed by atoms with Gasteiger partial charge in [0.2, 0.25) is 0 Å². The number of aliphatic imine (C=N–C) groups is 1. The van der Waals surface area contributed by atoms with Crippen molar-refractivity contribution >= 4 is 29.9 Å². The highest BCUT2D eigenvalue weighted by molar-refractivity contribution is 14.0. The number of guanidine groups is 1. The molecule has 1 atom stereocenters. The Labute approximate surface area is 165 Å². The third-order valence-electron chi connectivity index (χ3n) is 3.53. The van der Waals surface area contributed by atoms with E-state index in [9.17, 15) is 9.50 Å². The van der Waals surface area contributed by atoms with E-state index in [0.717, 1.165) is 5.56 Å². The van der Waals surface area contributed by atoms with Crippen LogP contribution in [0.2, 0.25) is 0 Å². The number of nitrogens with zero attached hydrogens (tertiary/aromatic N) is 1. The molecule has 0 saturated carbocycles. The van der Waals surface area contributed by atoms with Crippen LogP contribution in [0, 0.1) is 5.82 Å². The first-order valence-corrected chi connectivity index (χ1v) is 8.16. The van der Waals surface area contributed by atoms with Gasteiger partial charge in [0.15, 0.2) is 5.96 Å². The summed E-state index contributed by atoms with van der Waals surface area (Å²) in [6.45, 7) is 3.27. The van der Waals surface area contributed by atoms with Crippen LogP contribution < -0.4 is 10.6 Å². The van der Waals surface area contributed by atoms with E-state index in [0.29, 0.717) is 31.0 Å². The van der Waals surface area contributed by atoms with Crippen molar-refractivity contribution in [1.29, 1.82) is 0 Å². The van der Waals surface area contributed by atoms with Gasteiger partial charge in [-0.1, -0.05) is 48.5 Å². The Balaban J connectivity index is 0.00000312. The van der Waals surface area contributed by atoms with E-state index >= 15 is 0 Å². The van der Waals surface area contributed by atoms with Gasteiger partial charge < -0.3 is 15.7 Å². The minimum atomic E-state index is -0.523. The summed E-state index contributed by atoms with van der Waals surface area (Å²) < 4.78 is 13.6. The van der Waals surface area contributed by atoms with Crippen LogP contribution in [0.4, 0.5) is 4.39 Å². The van der Waals surface area contributed by atoms with Crippen molar-refractivity contribution in [3.05, 3.63) is 71.5 Å². The summed E-state index contributed by atoms with van der Waals surface area (Å²) in [6, 6.07) is 16.4. The zero-order chi connectivity index (χ0) is 17.2. The summed E-state index contributed by atoms with van der Waals surface area (Å²) in [5.74, 6) is 0.300. The molecule has 0 aliphatic carbocycles. The Bertz CT molecular complexity index is 652. The Kier molecular flexibility index (Phi) is 10.1. The fourth-order valence-electron chi connectivity index (χ4n) is 2.31. The Hall–Kier alpha value is -1.67. The van der Waals surface area contributed by atoms with E-state index in [1.807, 2.05) is 37.3 Å². The first-order valence-electron chi connectivity index (χ1n) is 8.16. The monoisotopic (exact) mass is 457 g/mol. The highest BCUT2D eigenvalue weighted by Gasteiger charge is 2.07. The van der Waals surface area contributed by atoms with Crippen LogP contribution in [0.3, 0.4) is 0 Å². The predicted octanol–water partition coefficient (Wildman–Crippen LogP) is 3.10. The van der Waals surface area contributed by atoms with E-state index in [4.69, 9.17) is 0 Å². The molecule has 4 nitrogen and oxygen atoms in total. The molecule has 2 aromatic carbocycles. The third kappa shape index (κ3) is 7.83. The summed E-state index contributed by atoms with van der Waals surface area (Å²) in [5.41, 5.74) is 1.62. The third-order valence-corrected chi connectivity index (χ3v) is 3.53. The molecule has 25 heavy (non-hydrogen) atoms. The van der Waals surface area contributed by atoms with Gasteiger partial charge in [-0.15, -0.1) is 24.0 Å². The first-order chi connectivity index (χ1) is 11.7. The molecule has 0 aliphatic rings. The van der Waals surface area contributed by atoms with E-state index in [1.54, 1.807) is 18.2 Å². The van der Waals surface area contributed by atoms with Crippen LogP contribution in [-0.4, -0.2) is 30.3 Å². The number of nitrogens with one attached hydrogen (secondary N) is 2. The molecule has 0 bridgehead atoms.